The van der Waals surface area contributed by atoms with Crippen LogP contribution in [0.15, 0.2) is 23.8 Å². The number of hydrogen-bond donors (Lipinski definition) is 2. The number of carbonyl (C=O) groups excluding carboxylic acids is 1. The third-order valence-electron chi connectivity index (χ3n) is 7.24. The first-order valence-corrected chi connectivity index (χ1v) is 8.55. The van der Waals surface area contributed by atoms with E-state index in [9.17, 15) is 9.90 Å². The van der Waals surface area contributed by atoms with E-state index in [-0.39, 0.29) is 28.6 Å². The molecule has 0 bridgehead atoms. The first-order valence-electron chi connectivity index (χ1n) is 8.55. The molecule has 0 aromatic heterocycles. The fourth-order valence-electron chi connectivity index (χ4n) is 5.94. The molecule has 0 aromatic rings. The highest BCUT2D eigenvalue weighted by Crippen LogP contribution is 2.62. The second-order valence-electron chi connectivity index (χ2n) is 8.26. The Balaban J connectivity index is 1.81. The minimum absolute atomic E-state index is 0.0845. The number of hydrogen-bond acceptors (Lipinski definition) is 3. The molecule has 0 radical (unpaired) electrons. The van der Waals surface area contributed by atoms with Gasteiger partial charge in [0, 0.05) is 23.5 Å². The molecule has 0 heterocycles. The summed E-state index contributed by atoms with van der Waals surface area (Å²) in [5, 5.41) is 19.3. The van der Waals surface area contributed by atoms with Crippen LogP contribution in [0.1, 0.15) is 46.0 Å². The summed E-state index contributed by atoms with van der Waals surface area (Å²) in [5.74, 6) is 1.22. The molecule has 4 aliphatic rings. The van der Waals surface area contributed by atoms with Gasteiger partial charge in [-0.1, -0.05) is 26.0 Å². The number of ketones is 1. The van der Waals surface area contributed by atoms with Crippen LogP contribution in [0.25, 0.3) is 0 Å². The van der Waals surface area contributed by atoms with Gasteiger partial charge in [0.25, 0.3) is 0 Å². The highest BCUT2D eigenvalue weighted by molar-refractivity contribution is 5.92. The number of nitrogens with one attached hydrogen (secondary N) is 1. The average molecular weight is 299 g/mol. The zero-order valence-corrected chi connectivity index (χ0v) is 13.4. The average Bonchev–Trinajstić information content (AvgIpc) is 2.75. The van der Waals surface area contributed by atoms with Crippen molar-refractivity contribution in [2.24, 2.45) is 28.6 Å². The maximum Gasteiger partial charge on any atom is 0.156 e. The lowest BCUT2D eigenvalue weighted by Crippen LogP contribution is -2.55. The summed E-state index contributed by atoms with van der Waals surface area (Å²) in [6, 6.07) is 0. The van der Waals surface area contributed by atoms with E-state index in [4.69, 9.17) is 5.41 Å². The first-order chi connectivity index (χ1) is 10.4. The van der Waals surface area contributed by atoms with Crippen molar-refractivity contribution in [1.29, 1.82) is 5.41 Å². The molecule has 4 rings (SSSR count). The summed E-state index contributed by atoms with van der Waals surface area (Å²) in [6.07, 6.45) is 9.90. The molecule has 0 aliphatic heterocycles. The van der Waals surface area contributed by atoms with Crippen LogP contribution in [0, 0.1) is 34.0 Å². The summed E-state index contributed by atoms with van der Waals surface area (Å²) in [7, 11) is 0. The van der Waals surface area contributed by atoms with E-state index in [1.165, 1.54) is 0 Å². The number of rotatable bonds is 0. The van der Waals surface area contributed by atoms with E-state index in [0.717, 1.165) is 30.5 Å². The topological polar surface area (TPSA) is 61.1 Å². The number of allylic oxidation sites excluding steroid dienone is 4. The van der Waals surface area contributed by atoms with E-state index in [1.54, 1.807) is 6.08 Å². The van der Waals surface area contributed by atoms with Crippen LogP contribution in [-0.4, -0.2) is 22.7 Å². The summed E-state index contributed by atoms with van der Waals surface area (Å²) in [6.45, 7) is 4.41. The summed E-state index contributed by atoms with van der Waals surface area (Å²) < 4.78 is 0. The van der Waals surface area contributed by atoms with Gasteiger partial charge in [0.1, 0.15) is 0 Å². The van der Waals surface area contributed by atoms with Gasteiger partial charge >= 0.3 is 0 Å². The molecule has 3 nitrogen and oxygen atoms in total. The van der Waals surface area contributed by atoms with Gasteiger partial charge in [-0.15, -0.1) is 0 Å². The van der Waals surface area contributed by atoms with Crippen molar-refractivity contribution >= 4 is 11.5 Å². The van der Waals surface area contributed by atoms with Crippen LogP contribution < -0.4 is 0 Å². The highest BCUT2D eigenvalue weighted by Gasteiger charge is 2.59. The fraction of sp³-hybridized carbons (Fsp3) is 0.684. The molecule has 2 N–H and O–H groups in total. The number of aliphatic hydroxyl groups excluding tert-OH is 1. The van der Waals surface area contributed by atoms with E-state index in [0.29, 0.717) is 24.7 Å². The van der Waals surface area contributed by atoms with Crippen molar-refractivity contribution in [3.05, 3.63) is 23.8 Å². The standard InChI is InChI=1S/C19H25NO2/c1-18-8-7-12(21)9-11(18)3-4-13-14-5-6-16(20)19(14,2)10-15(22)17(13)18/h3-4,9,13-15,17,20,22H,5-8,10H2,1-2H3/t13?,14?,15-,17?,18?,19?/m1/s1. The van der Waals surface area contributed by atoms with E-state index >= 15 is 0 Å². The molecule has 22 heavy (non-hydrogen) atoms. The smallest absolute Gasteiger partial charge is 0.156 e. The molecule has 0 aromatic carbocycles. The SMILES string of the molecule is CC12C[C@@H](O)C3C(C=CC4=CC(=O)CCC43C)C1CCC2=N. The van der Waals surface area contributed by atoms with Crippen LogP contribution in [-0.2, 0) is 4.79 Å². The number of carbonyl (C=O) groups is 1. The Kier molecular flexibility index (Phi) is 2.88. The molecular weight excluding hydrogens is 274 g/mol. The molecule has 3 heteroatoms. The van der Waals surface area contributed by atoms with Crippen molar-refractivity contribution in [3.8, 4) is 0 Å². The molecule has 0 amide bonds. The number of fused-ring (bicyclic) bond motifs is 5. The van der Waals surface area contributed by atoms with Crippen LogP contribution in [0.3, 0.4) is 0 Å². The van der Waals surface area contributed by atoms with E-state index in [2.05, 4.69) is 26.0 Å². The third-order valence-corrected chi connectivity index (χ3v) is 7.24. The monoisotopic (exact) mass is 299 g/mol. The van der Waals surface area contributed by atoms with Crippen LogP contribution in [0.5, 0.6) is 0 Å². The minimum Gasteiger partial charge on any atom is -0.393 e. The van der Waals surface area contributed by atoms with Crippen LogP contribution in [0.2, 0.25) is 0 Å². The van der Waals surface area contributed by atoms with Crippen molar-refractivity contribution < 1.29 is 9.90 Å². The van der Waals surface area contributed by atoms with Gasteiger partial charge in [-0.05, 0) is 54.6 Å². The fourth-order valence-corrected chi connectivity index (χ4v) is 5.94. The second-order valence-corrected chi connectivity index (χ2v) is 8.26. The molecule has 0 spiro atoms. The Bertz CT molecular complexity index is 619. The van der Waals surface area contributed by atoms with Gasteiger partial charge in [-0.3, -0.25) is 4.79 Å². The van der Waals surface area contributed by atoms with Crippen molar-refractivity contribution in [2.75, 3.05) is 0 Å². The Hall–Kier alpha value is -1.22. The third kappa shape index (κ3) is 1.66. The molecule has 118 valence electrons. The molecule has 2 saturated carbocycles. The zero-order chi connectivity index (χ0) is 15.7. The van der Waals surface area contributed by atoms with E-state index < -0.39 is 0 Å². The van der Waals surface area contributed by atoms with Gasteiger partial charge in [0.15, 0.2) is 5.78 Å². The van der Waals surface area contributed by atoms with Gasteiger partial charge in [-0.2, -0.15) is 0 Å². The zero-order valence-electron chi connectivity index (χ0n) is 13.4. The molecule has 4 aliphatic carbocycles. The van der Waals surface area contributed by atoms with Gasteiger partial charge in [-0.25, -0.2) is 0 Å². The predicted molar refractivity (Wildman–Crippen MR) is 85.7 cm³/mol. The van der Waals surface area contributed by atoms with Crippen molar-refractivity contribution in [3.63, 3.8) is 0 Å². The largest absolute Gasteiger partial charge is 0.393 e. The maximum absolute atomic E-state index is 11.8. The van der Waals surface area contributed by atoms with Crippen molar-refractivity contribution in [1.82, 2.24) is 0 Å². The Morgan fingerprint density at radius 3 is 2.82 bits per heavy atom. The Labute approximate surface area is 132 Å². The Morgan fingerprint density at radius 1 is 1.27 bits per heavy atom. The molecule has 6 atom stereocenters. The van der Waals surface area contributed by atoms with Crippen LogP contribution >= 0.6 is 0 Å². The number of aliphatic hydroxyl groups is 1. The normalized spacial score (nSPS) is 50.2. The predicted octanol–water partition coefficient (Wildman–Crippen LogP) is 3.28. The highest BCUT2D eigenvalue weighted by atomic mass is 16.3. The lowest BCUT2D eigenvalue weighted by atomic mass is 9.48. The summed E-state index contributed by atoms with van der Waals surface area (Å²) in [5.41, 5.74) is 1.72. The lowest BCUT2D eigenvalue weighted by Gasteiger charge is -2.56. The molecule has 5 unspecified atom stereocenters. The lowest BCUT2D eigenvalue weighted by molar-refractivity contribution is -0.118. The molecular formula is C19H25NO2. The van der Waals surface area contributed by atoms with Gasteiger partial charge in [0.2, 0.25) is 0 Å². The summed E-state index contributed by atoms with van der Waals surface area (Å²) in [4.78, 5) is 11.8. The quantitative estimate of drug-likeness (QED) is 0.721. The van der Waals surface area contributed by atoms with Gasteiger partial charge < -0.3 is 10.5 Å². The maximum atomic E-state index is 11.8. The molecule has 0 saturated heterocycles. The second kappa shape index (κ2) is 4.41. The minimum atomic E-state index is -0.378. The molecule has 2 fully saturated rings. The van der Waals surface area contributed by atoms with E-state index in [1.807, 2.05) is 0 Å². The first kappa shape index (κ1) is 14.4. The van der Waals surface area contributed by atoms with Gasteiger partial charge in [0.05, 0.1) is 6.10 Å². The van der Waals surface area contributed by atoms with Crippen LogP contribution in [0.4, 0.5) is 0 Å². The van der Waals surface area contributed by atoms with Crippen molar-refractivity contribution in [2.45, 2.75) is 52.1 Å². The summed E-state index contributed by atoms with van der Waals surface area (Å²) >= 11 is 0. The Morgan fingerprint density at radius 2 is 2.05 bits per heavy atom.